The van der Waals surface area contributed by atoms with Crippen molar-refractivity contribution in [2.75, 3.05) is 18.4 Å². The quantitative estimate of drug-likeness (QED) is 0.822. The Hall–Kier alpha value is -2.67. The summed E-state index contributed by atoms with van der Waals surface area (Å²) in [6, 6.07) is 10.3. The van der Waals surface area contributed by atoms with E-state index in [-0.39, 0.29) is 24.3 Å². The van der Waals surface area contributed by atoms with E-state index in [1.807, 2.05) is 19.2 Å². The van der Waals surface area contributed by atoms with Gasteiger partial charge in [-0.2, -0.15) is 0 Å². The van der Waals surface area contributed by atoms with Gasteiger partial charge in [-0.25, -0.2) is 0 Å². The van der Waals surface area contributed by atoms with E-state index in [9.17, 15) is 19.5 Å². The third-order valence-corrected chi connectivity index (χ3v) is 6.10. The summed E-state index contributed by atoms with van der Waals surface area (Å²) in [5.74, 6) is -1.36. The predicted octanol–water partition coefficient (Wildman–Crippen LogP) is 3.57. The third-order valence-electron chi connectivity index (χ3n) is 5.23. The Labute approximate surface area is 161 Å². The summed E-state index contributed by atoms with van der Waals surface area (Å²) in [7, 11) is 0. The van der Waals surface area contributed by atoms with Crippen molar-refractivity contribution in [2.45, 2.75) is 20.3 Å². The molecular weight excluding hydrogens is 364 g/mol. The maximum atomic E-state index is 12.9. The lowest BCUT2D eigenvalue weighted by atomic mass is 9.76. The van der Waals surface area contributed by atoms with E-state index in [1.165, 1.54) is 11.3 Å². The average Bonchev–Trinajstić information content (AvgIpc) is 3.32. The van der Waals surface area contributed by atoms with Gasteiger partial charge in [0.1, 0.15) is 0 Å². The van der Waals surface area contributed by atoms with E-state index in [2.05, 4.69) is 5.32 Å². The van der Waals surface area contributed by atoms with Gasteiger partial charge in [0.15, 0.2) is 0 Å². The monoisotopic (exact) mass is 386 g/mol. The average molecular weight is 386 g/mol. The molecule has 2 aromatic rings. The fourth-order valence-corrected chi connectivity index (χ4v) is 4.03. The Morgan fingerprint density at radius 3 is 2.59 bits per heavy atom. The molecule has 1 saturated heterocycles. The Morgan fingerprint density at radius 2 is 2.00 bits per heavy atom. The lowest BCUT2D eigenvalue weighted by Crippen LogP contribution is -2.40. The number of aliphatic carboxylic acids is 1. The van der Waals surface area contributed by atoms with Crippen molar-refractivity contribution in [3.63, 3.8) is 0 Å². The molecule has 1 atom stereocenters. The molecule has 1 fully saturated rings. The molecule has 2 N–H and O–H groups in total. The minimum absolute atomic E-state index is 0.0655. The maximum Gasteiger partial charge on any atom is 0.311 e. The first kappa shape index (κ1) is 19.1. The van der Waals surface area contributed by atoms with Gasteiger partial charge in [-0.05, 0) is 42.0 Å². The molecule has 2 heterocycles. The highest BCUT2D eigenvalue weighted by atomic mass is 32.1. The number of rotatable bonds is 5. The second-order valence-electron chi connectivity index (χ2n) is 7.10. The van der Waals surface area contributed by atoms with Gasteiger partial charge in [0.25, 0.3) is 11.8 Å². The second-order valence-corrected chi connectivity index (χ2v) is 8.05. The molecule has 2 amide bonds. The molecule has 1 aromatic carbocycles. The highest BCUT2D eigenvalue weighted by Gasteiger charge is 2.48. The van der Waals surface area contributed by atoms with Crippen molar-refractivity contribution in [1.82, 2.24) is 4.90 Å². The summed E-state index contributed by atoms with van der Waals surface area (Å²) in [6.45, 7) is 4.37. The highest BCUT2D eigenvalue weighted by molar-refractivity contribution is 7.12. The van der Waals surface area contributed by atoms with Crippen LogP contribution in [0.2, 0.25) is 0 Å². The summed E-state index contributed by atoms with van der Waals surface area (Å²) >= 11 is 1.34. The highest BCUT2D eigenvalue weighted by Crippen LogP contribution is 2.38. The number of carbonyl (C=O) groups is 3. The number of hydrogen-bond acceptors (Lipinski definition) is 4. The topological polar surface area (TPSA) is 86.7 Å². The molecule has 7 heteroatoms. The molecule has 6 nitrogen and oxygen atoms in total. The zero-order valence-electron chi connectivity index (χ0n) is 15.3. The molecular formula is C20H22N2O4S. The summed E-state index contributed by atoms with van der Waals surface area (Å²) in [4.78, 5) is 39.0. The van der Waals surface area contributed by atoms with Crippen molar-refractivity contribution in [2.24, 2.45) is 11.3 Å². The number of hydrogen-bond donors (Lipinski definition) is 2. The number of anilines is 1. The van der Waals surface area contributed by atoms with E-state index in [0.29, 0.717) is 29.1 Å². The van der Waals surface area contributed by atoms with E-state index in [1.54, 1.807) is 41.3 Å². The number of amides is 2. The van der Waals surface area contributed by atoms with Crippen LogP contribution in [0.15, 0.2) is 41.8 Å². The van der Waals surface area contributed by atoms with Crippen molar-refractivity contribution in [3.05, 3.63) is 52.2 Å². The summed E-state index contributed by atoms with van der Waals surface area (Å²) in [6.07, 6.45) is 0.445. The summed E-state index contributed by atoms with van der Waals surface area (Å²) < 4.78 is 0. The zero-order valence-corrected chi connectivity index (χ0v) is 16.1. The number of thiophene rings is 1. The maximum absolute atomic E-state index is 12.9. The van der Waals surface area contributed by atoms with Crippen molar-refractivity contribution < 1.29 is 19.5 Å². The fourth-order valence-electron chi connectivity index (χ4n) is 3.41. The largest absolute Gasteiger partial charge is 0.481 e. The van der Waals surface area contributed by atoms with Crippen LogP contribution in [0.25, 0.3) is 0 Å². The first-order valence-corrected chi connectivity index (χ1v) is 9.69. The Bertz CT molecular complexity index is 863. The summed E-state index contributed by atoms with van der Waals surface area (Å²) in [5, 5.41) is 14.3. The van der Waals surface area contributed by atoms with Gasteiger partial charge in [-0.3, -0.25) is 14.4 Å². The van der Waals surface area contributed by atoms with Gasteiger partial charge >= 0.3 is 5.97 Å². The van der Waals surface area contributed by atoms with Gasteiger partial charge < -0.3 is 15.3 Å². The number of carboxylic acid groups (broad SMARTS) is 1. The minimum Gasteiger partial charge on any atom is -0.481 e. The molecule has 1 aromatic heterocycles. The smallest absolute Gasteiger partial charge is 0.311 e. The molecule has 1 aliphatic heterocycles. The van der Waals surface area contributed by atoms with Gasteiger partial charge in [0.05, 0.1) is 10.3 Å². The minimum atomic E-state index is -0.902. The molecule has 3 rings (SSSR count). The van der Waals surface area contributed by atoms with Gasteiger partial charge in [-0.1, -0.05) is 26.0 Å². The molecule has 0 spiro atoms. The standard InChI is InChI=1S/C20H22N2O4S/c1-13(2)20(19(25)26)8-9-22(12-20)18(24)14-5-3-6-15(11-14)21-17(23)16-7-4-10-27-16/h3-7,10-11,13H,8-9,12H2,1-2H3,(H,21,23)(H,25,26). The Kier molecular flexibility index (Phi) is 5.32. The molecule has 1 unspecified atom stereocenters. The lowest BCUT2D eigenvalue weighted by Gasteiger charge is -2.28. The van der Waals surface area contributed by atoms with Gasteiger partial charge in [0, 0.05) is 24.3 Å². The van der Waals surface area contributed by atoms with Crippen LogP contribution in [0.1, 0.15) is 40.3 Å². The first-order valence-electron chi connectivity index (χ1n) is 8.81. The molecule has 27 heavy (non-hydrogen) atoms. The molecule has 0 aliphatic carbocycles. The van der Waals surface area contributed by atoms with Gasteiger partial charge in [-0.15, -0.1) is 11.3 Å². The van der Waals surface area contributed by atoms with Crippen molar-refractivity contribution in [3.8, 4) is 0 Å². The van der Waals surface area contributed by atoms with Crippen LogP contribution in [0, 0.1) is 11.3 Å². The van der Waals surface area contributed by atoms with E-state index in [0.717, 1.165) is 0 Å². The normalized spacial score (nSPS) is 19.3. The molecule has 1 aliphatic rings. The Morgan fingerprint density at radius 1 is 1.22 bits per heavy atom. The fraction of sp³-hybridized carbons (Fsp3) is 0.350. The third kappa shape index (κ3) is 3.73. The van der Waals surface area contributed by atoms with Crippen LogP contribution in [0.5, 0.6) is 0 Å². The van der Waals surface area contributed by atoms with Crippen molar-refractivity contribution in [1.29, 1.82) is 0 Å². The van der Waals surface area contributed by atoms with E-state index in [4.69, 9.17) is 0 Å². The van der Waals surface area contributed by atoms with E-state index >= 15 is 0 Å². The van der Waals surface area contributed by atoms with Crippen molar-refractivity contribution >= 4 is 34.8 Å². The zero-order chi connectivity index (χ0) is 19.6. The molecule has 0 radical (unpaired) electrons. The first-order chi connectivity index (χ1) is 12.8. The van der Waals surface area contributed by atoms with Crippen LogP contribution in [0.3, 0.4) is 0 Å². The number of nitrogens with one attached hydrogen (secondary N) is 1. The Balaban J connectivity index is 1.74. The number of nitrogens with zero attached hydrogens (tertiary/aromatic N) is 1. The SMILES string of the molecule is CC(C)C1(C(=O)O)CCN(C(=O)c2cccc(NC(=O)c3cccs3)c2)C1. The lowest BCUT2D eigenvalue weighted by molar-refractivity contribution is -0.150. The van der Waals surface area contributed by atoms with E-state index < -0.39 is 11.4 Å². The number of benzene rings is 1. The number of carboxylic acids is 1. The van der Waals surface area contributed by atoms with Gasteiger partial charge in [0.2, 0.25) is 0 Å². The van der Waals surface area contributed by atoms with Crippen LogP contribution in [-0.4, -0.2) is 40.9 Å². The van der Waals surface area contributed by atoms with Crippen LogP contribution >= 0.6 is 11.3 Å². The van der Waals surface area contributed by atoms with Crippen LogP contribution in [0.4, 0.5) is 5.69 Å². The molecule has 0 bridgehead atoms. The molecule has 0 saturated carbocycles. The predicted molar refractivity (Wildman–Crippen MR) is 104 cm³/mol. The second kappa shape index (κ2) is 7.52. The van der Waals surface area contributed by atoms with Crippen LogP contribution < -0.4 is 5.32 Å². The van der Waals surface area contributed by atoms with Crippen LogP contribution in [-0.2, 0) is 4.79 Å². The number of carbonyl (C=O) groups excluding carboxylic acids is 2. The number of likely N-dealkylation sites (tertiary alicyclic amines) is 1. The summed E-state index contributed by atoms with van der Waals surface area (Å²) in [5.41, 5.74) is 0.0661. The molecule has 142 valence electrons.